The van der Waals surface area contributed by atoms with Crippen LogP contribution in [-0.2, 0) is 4.79 Å². The summed E-state index contributed by atoms with van der Waals surface area (Å²) in [5.41, 5.74) is 3.83. The van der Waals surface area contributed by atoms with Gasteiger partial charge in [-0.2, -0.15) is 0 Å². The first-order chi connectivity index (χ1) is 12.4. The molecule has 2 heterocycles. The van der Waals surface area contributed by atoms with Crippen LogP contribution in [0, 0.1) is 20.8 Å². The SMILES string of the molecule is CCCC[C@H]1C(=O)N(C)CCN1C(=O)c1oc2c(C)c(C)ccc2c1C. The molecule has 0 radical (unpaired) electrons. The summed E-state index contributed by atoms with van der Waals surface area (Å²) >= 11 is 0. The number of fused-ring (bicyclic) bond motifs is 1. The summed E-state index contributed by atoms with van der Waals surface area (Å²) in [5, 5.41) is 0.974. The average molecular weight is 356 g/mol. The largest absolute Gasteiger partial charge is 0.450 e. The lowest BCUT2D eigenvalue weighted by Gasteiger charge is -2.38. The van der Waals surface area contributed by atoms with Crippen molar-refractivity contribution in [2.75, 3.05) is 20.1 Å². The first-order valence-electron chi connectivity index (χ1n) is 9.42. The Morgan fingerprint density at radius 2 is 1.92 bits per heavy atom. The van der Waals surface area contributed by atoms with E-state index in [4.69, 9.17) is 4.42 Å². The normalized spacial score (nSPS) is 18.0. The third kappa shape index (κ3) is 3.00. The van der Waals surface area contributed by atoms with Crippen molar-refractivity contribution in [3.05, 3.63) is 34.6 Å². The summed E-state index contributed by atoms with van der Waals surface area (Å²) < 4.78 is 6.02. The van der Waals surface area contributed by atoms with Crippen LogP contribution in [0.25, 0.3) is 11.0 Å². The Bertz CT molecular complexity index is 853. The Hall–Kier alpha value is -2.30. The van der Waals surface area contributed by atoms with Crippen molar-refractivity contribution in [3.63, 3.8) is 0 Å². The van der Waals surface area contributed by atoms with E-state index in [-0.39, 0.29) is 11.8 Å². The van der Waals surface area contributed by atoms with Gasteiger partial charge in [0, 0.05) is 31.1 Å². The number of piperazine rings is 1. The van der Waals surface area contributed by atoms with Crippen molar-refractivity contribution in [3.8, 4) is 0 Å². The van der Waals surface area contributed by atoms with Crippen LogP contribution in [0.1, 0.15) is 53.4 Å². The molecule has 140 valence electrons. The maximum Gasteiger partial charge on any atom is 0.290 e. The van der Waals surface area contributed by atoms with E-state index in [0.717, 1.165) is 40.5 Å². The Kier molecular flexibility index (Phi) is 5.08. The molecule has 1 aliphatic rings. The predicted octanol–water partition coefficient (Wildman–Crippen LogP) is 3.83. The second-order valence-electron chi connectivity index (χ2n) is 7.36. The molecule has 1 atom stereocenters. The number of benzene rings is 1. The van der Waals surface area contributed by atoms with Gasteiger partial charge in [-0.05, 0) is 38.3 Å². The van der Waals surface area contributed by atoms with Crippen molar-refractivity contribution >= 4 is 22.8 Å². The van der Waals surface area contributed by atoms with Gasteiger partial charge in [-0.1, -0.05) is 31.9 Å². The summed E-state index contributed by atoms with van der Waals surface area (Å²) in [5.74, 6) is 0.227. The van der Waals surface area contributed by atoms with E-state index >= 15 is 0 Å². The van der Waals surface area contributed by atoms with E-state index in [1.165, 1.54) is 0 Å². The van der Waals surface area contributed by atoms with Crippen molar-refractivity contribution in [1.29, 1.82) is 0 Å². The fraction of sp³-hybridized carbons (Fsp3) is 0.524. The molecule has 1 aromatic carbocycles. The highest BCUT2D eigenvalue weighted by molar-refractivity contribution is 6.02. The Balaban J connectivity index is 1.99. The molecule has 26 heavy (non-hydrogen) atoms. The highest BCUT2D eigenvalue weighted by Crippen LogP contribution is 2.31. The zero-order valence-corrected chi connectivity index (χ0v) is 16.4. The third-order valence-corrected chi connectivity index (χ3v) is 5.63. The van der Waals surface area contributed by atoms with Crippen LogP contribution in [0.3, 0.4) is 0 Å². The van der Waals surface area contributed by atoms with Crippen LogP contribution < -0.4 is 0 Å². The van der Waals surface area contributed by atoms with Crippen LogP contribution >= 0.6 is 0 Å². The molecule has 2 amide bonds. The van der Waals surface area contributed by atoms with Gasteiger partial charge in [-0.15, -0.1) is 0 Å². The summed E-state index contributed by atoms with van der Waals surface area (Å²) in [4.78, 5) is 29.3. The number of hydrogen-bond donors (Lipinski definition) is 0. The van der Waals surface area contributed by atoms with E-state index in [0.29, 0.717) is 25.3 Å². The van der Waals surface area contributed by atoms with Gasteiger partial charge in [-0.3, -0.25) is 9.59 Å². The summed E-state index contributed by atoms with van der Waals surface area (Å²) in [7, 11) is 1.81. The van der Waals surface area contributed by atoms with Gasteiger partial charge >= 0.3 is 0 Å². The maximum absolute atomic E-state index is 13.3. The van der Waals surface area contributed by atoms with E-state index in [2.05, 4.69) is 13.0 Å². The zero-order chi connectivity index (χ0) is 19.0. The van der Waals surface area contributed by atoms with Gasteiger partial charge in [-0.25, -0.2) is 0 Å². The molecule has 1 aromatic heterocycles. The monoisotopic (exact) mass is 356 g/mol. The summed E-state index contributed by atoms with van der Waals surface area (Å²) in [6.07, 6.45) is 2.62. The topological polar surface area (TPSA) is 53.8 Å². The minimum atomic E-state index is -0.392. The number of hydrogen-bond acceptors (Lipinski definition) is 3. The quantitative estimate of drug-likeness (QED) is 0.836. The molecular formula is C21H28N2O3. The van der Waals surface area contributed by atoms with Crippen molar-refractivity contribution in [2.45, 2.75) is 53.0 Å². The molecule has 0 N–H and O–H groups in total. The minimum Gasteiger partial charge on any atom is -0.450 e. The molecule has 0 aliphatic carbocycles. The molecule has 1 aliphatic heterocycles. The number of unbranched alkanes of at least 4 members (excludes halogenated alkanes) is 1. The van der Waals surface area contributed by atoms with Crippen molar-refractivity contribution in [2.24, 2.45) is 0 Å². The lowest BCUT2D eigenvalue weighted by Crippen LogP contribution is -2.57. The highest BCUT2D eigenvalue weighted by Gasteiger charge is 2.37. The zero-order valence-electron chi connectivity index (χ0n) is 16.4. The first-order valence-corrected chi connectivity index (χ1v) is 9.42. The standard InChI is InChI=1S/C21H28N2O3/c1-6-7-8-17-20(24)22(5)11-12-23(17)21(25)19-15(4)16-10-9-13(2)14(3)18(16)26-19/h9-10,17H,6-8,11-12H2,1-5H3/t17-/m0/s1. The molecule has 0 bridgehead atoms. The molecule has 0 saturated carbocycles. The molecule has 0 unspecified atom stereocenters. The maximum atomic E-state index is 13.3. The lowest BCUT2D eigenvalue weighted by molar-refractivity contribution is -0.138. The van der Waals surface area contributed by atoms with Crippen LogP contribution in [-0.4, -0.2) is 47.8 Å². The smallest absolute Gasteiger partial charge is 0.290 e. The Morgan fingerprint density at radius 1 is 1.19 bits per heavy atom. The predicted molar refractivity (Wildman–Crippen MR) is 102 cm³/mol. The molecule has 5 heteroatoms. The van der Waals surface area contributed by atoms with Crippen molar-refractivity contribution < 1.29 is 14.0 Å². The second-order valence-corrected chi connectivity index (χ2v) is 7.36. The van der Waals surface area contributed by atoms with E-state index in [9.17, 15) is 9.59 Å². The molecular weight excluding hydrogens is 328 g/mol. The van der Waals surface area contributed by atoms with E-state index in [1.807, 2.05) is 33.9 Å². The molecule has 5 nitrogen and oxygen atoms in total. The number of amides is 2. The number of aryl methyl sites for hydroxylation is 3. The van der Waals surface area contributed by atoms with Crippen molar-refractivity contribution in [1.82, 2.24) is 9.80 Å². The van der Waals surface area contributed by atoms with Crippen LogP contribution in [0.4, 0.5) is 0 Å². The van der Waals surface area contributed by atoms with Gasteiger partial charge in [0.1, 0.15) is 11.6 Å². The number of carbonyl (C=O) groups excluding carboxylic acids is 2. The third-order valence-electron chi connectivity index (χ3n) is 5.63. The first kappa shape index (κ1) is 18.5. The van der Waals surface area contributed by atoms with Crippen LogP contribution in [0.5, 0.6) is 0 Å². The number of carbonyl (C=O) groups is 2. The molecule has 0 spiro atoms. The van der Waals surface area contributed by atoms with Gasteiger partial charge in [0.15, 0.2) is 5.76 Å². The number of furan rings is 1. The average Bonchev–Trinajstić information content (AvgIpc) is 2.96. The number of rotatable bonds is 4. The summed E-state index contributed by atoms with van der Waals surface area (Å²) in [6, 6.07) is 3.67. The Morgan fingerprint density at radius 3 is 2.62 bits per heavy atom. The summed E-state index contributed by atoms with van der Waals surface area (Å²) in [6.45, 7) is 9.17. The van der Waals surface area contributed by atoms with E-state index < -0.39 is 6.04 Å². The molecule has 1 fully saturated rings. The fourth-order valence-corrected chi connectivity index (χ4v) is 3.68. The minimum absolute atomic E-state index is 0.0267. The molecule has 3 rings (SSSR count). The van der Waals surface area contributed by atoms with E-state index in [1.54, 1.807) is 9.80 Å². The van der Waals surface area contributed by atoms with Crippen LogP contribution in [0.2, 0.25) is 0 Å². The molecule has 2 aromatic rings. The molecule has 1 saturated heterocycles. The fourth-order valence-electron chi connectivity index (χ4n) is 3.68. The highest BCUT2D eigenvalue weighted by atomic mass is 16.3. The second kappa shape index (κ2) is 7.14. The van der Waals surface area contributed by atoms with Gasteiger partial charge < -0.3 is 14.2 Å². The number of likely N-dealkylation sites (N-methyl/N-ethyl adjacent to an activating group) is 1. The van der Waals surface area contributed by atoms with Gasteiger partial charge in [0.05, 0.1) is 0 Å². The van der Waals surface area contributed by atoms with Gasteiger partial charge in [0.25, 0.3) is 5.91 Å². The van der Waals surface area contributed by atoms with Gasteiger partial charge in [0.2, 0.25) is 5.91 Å². The van der Waals surface area contributed by atoms with Crippen LogP contribution in [0.15, 0.2) is 16.5 Å². The Labute approximate surface area is 154 Å². The number of nitrogens with zero attached hydrogens (tertiary/aromatic N) is 2. The lowest BCUT2D eigenvalue weighted by atomic mass is 10.0.